The van der Waals surface area contributed by atoms with Gasteiger partial charge in [-0.3, -0.25) is 0 Å². The Hall–Kier alpha value is -1.94. The van der Waals surface area contributed by atoms with Gasteiger partial charge in [0.2, 0.25) is 5.88 Å². The molecule has 0 fully saturated rings. The first-order valence-corrected chi connectivity index (χ1v) is 6.43. The monoisotopic (exact) mass is 257 g/mol. The summed E-state index contributed by atoms with van der Waals surface area (Å²) in [4.78, 5) is 8.33. The Balaban J connectivity index is 2.06. The van der Waals surface area contributed by atoms with E-state index in [0.717, 1.165) is 11.3 Å². The van der Waals surface area contributed by atoms with Crippen LogP contribution in [0.1, 0.15) is 31.1 Å². The van der Waals surface area contributed by atoms with Gasteiger partial charge in [-0.15, -0.1) is 0 Å². The van der Waals surface area contributed by atoms with Crippen LogP contribution in [0, 0.1) is 0 Å². The molecule has 0 saturated carbocycles. The number of hydrogen-bond acceptors (Lipinski definition) is 4. The summed E-state index contributed by atoms with van der Waals surface area (Å²) in [6.07, 6.45) is 2.29. The van der Waals surface area contributed by atoms with Gasteiger partial charge in [0.25, 0.3) is 0 Å². The van der Waals surface area contributed by atoms with Gasteiger partial charge in [-0.1, -0.05) is 30.3 Å². The first-order valence-electron chi connectivity index (χ1n) is 6.43. The lowest BCUT2D eigenvalue weighted by molar-refractivity contribution is 0.232. The van der Waals surface area contributed by atoms with Gasteiger partial charge < -0.3 is 10.5 Å². The van der Waals surface area contributed by atoms with Crippen molar-refractivity contribution in [2.24, 2.45) is 5.73 Å². The zero-order valence-corrected chi connectivity index (χ0v) is 11.3. The minimum atomic E-state index is -0.0667. The van der Waals surface area contributed by atoms with Crippen molar-refractivity contribution in [1.82, 2.24) is 9.97 Å². The Bertz CT molecular complexity index is 514. The highest BCUT2D eigenvalue weighted by atomic mass is 16.5. The van der Waals surface area contributed by atoms with Crippen molar-refractivity contribution in [1.29, 1.82) is 0 Å². The maximum absolute atomic E-state index is 6.18. The molecule has 0 bridgehead atoms. The van der Waals surface area contributed by atoms with Gasteiger partial charge >= 0.3 is 0 Å². The molecule has 2 aromatic rings. The molecule has 4 heteroatoms. The van der Waals surface area contributed by atoms with Crippen molar-refractivity contribution in [2.75, 3.05) is 0 Å². The van der Waals surface area contributed by atoms with Crippen LogP contribution >= 0.6 is 0 Å². The minimum absolute atomic E-state index is 0.0667. The molecule has 0 spiro atoms. The molecule has 0 aliphatic rings. The molecule has 1 unspecified atom stereocenters. The second kappa shape index (κ2) is 6.29. The molecule has 100 valence electrons. The van der Waals surface area contributed by atoms with Crippen LogP contribution in [0.15, 0.2) is 42.7 Å². The van der Waals surface area contributed by atoms with Crippen LogP contribution in [-0.2, 0) is 6.42 Å². The van der Waals surface area contributed by atoms with Crippen molar-refractivity contribution in [3.05, 3.63) is 54.0 Å². The molecule has 0 amide bonds. The molecule has 4 nitrogen and oxygen atoms in total. The summed E-state index contributed by atoms with van der Waals surface area (Å²) in [6, 6.07) is 11.8. The van der Waals surface area contributed by atoms with Crippen molar-refractivity contribution in [2.45, 2.75) is 32.4 Å². The van der Waals surface area contributed by atoms with E-state index in [1.54, 1.807) is 0 Å². The summed E-state index contributed by atoms with van der Waals surface area (Å²) in [7, 11) is 0. The molecule has 1 atom stereocenters. The predicted octanol–water partition coefficient (Wildman–Crippen LogP) is 2.51. The van der Waals surface area contributed by atoms with Gasteiger partial charge in [-0.05, 0) is 19.4 Å². The number of hydrogen-bond donors (Lipinski definition) is 1. The zero-order chi connectivity index (χ0) is 13.7. The highest BCUT2D eigenvalue weighted by Gasteiger charge is 2.09. The van der Waals surface area contributed by atoms with Crippen molar-refractivity contribution >= 4 is 0 Å². The number of rotatable bonds is 5. The van der Waals surface area contributed by atoms with Crippen LogP contribution in [0.2, 0.25) is 0 Å². The Kier molecular flexibility index (Phi) is 4.47. The van der Waals surface area contributed by atoms with Crippen LogP contribution in [0.25, 0.3) is 0 Å². The lowest BCUT2D eigenvalue weighted by atomic mass is 10.0. The van der Waals surface area contributed by atoms with E-state index >= 15 is 0 Å². The fraction of sp³-hybridized carbons (Fsp3) is 0.333. The normalized spacial score (nSPS) is 12.4. The Morgan fingerprint density at radius 3 is 2.58 bits per heavy atom. The number of nitrogens with two attached hydrogens (primary N) is 1. The smallest absolute Gasteiger partial charge is 0.216 e. The van der Waals surface area contributed by atoms with Crippen LogP contribution in [-0.4, -0.2) is 16.1 Å². The number of ether oxygens (including phenoxy) is 1. The van der Waals surface area contributed by atoms with Gasteiger partial charge in [-0.2, -0.15) is 0 Å². The van der Waals surface area contributed by atoms with E-state index in [2.05, 4.69) is 9.97 Å². The topological polar surface area (TPSA) is 61.0 Å². The SMILES string of the molecule is CC(C)Oc1cc(CC(N)c2ccccc2)ncn1. The Morgan fingerprint density at radius 2 is 1.89 bits per heavy atom. The van der Waals surface area contributed by atoms with E-state index in [4.69, 9.17) is 10.5 Å². The summed E-state index contributed by atoms with van der Waals surface area (Å²) in [5, 5.41) is 0. The summed E-state index contributed by atoms with van der Waals surface area (Å²) in [5.41, 5.74) is 8.17. The quantitative estimate of drug-likeness (QED) is 0.894. The second-order valence-electron chi connectivity index (χ2n) is 4.74. The molecule has 0 radical (unpaired) electrons. The lowest BCUT2D eigenvalue weighted by Crippen LogP contribution is -2.14. The Morgan fingerprint density at radius 1 is 1.16 bits per heavy atom. The number of nitrogens with zero attached hydrogens (tertiary/aromatic N) is 2. The first kappa shape index (κ1) is 13.5. The highest BCUT2D eigenvalue weighted by Crippen LogP contribution is 2.16. The predicted molar refractivity (Wildman–Crippen MR) is 74.9 cm³/mol. The van der Waals surface area contributed by atoms with Gasteiger partial charge in [0.1, 0.15) is 6.33 Å². The number of benzene rings is 1. The molecule has 2 rings (SSSR count). The van der Waals surface area contributed by atoms with E-state index in [9.17, 15) is 0 Å². The zero-order valence-electron chi connectivity index (χ0n) is 11.3. The molecular weight excluding hydrogens is 238 g/mol. The van der Waals surface area contributed by atoms with Crippen LogP contribution in [0.4, 0.5) is 0 Å². The maximum atomic E-state index is 6.18. The molecule has 0 aliphatic carbocycles. The van der Waals surface area contributed by atoms with E-state index < -0.39 is 0 Å². The summed E-state index contributed by atoms with van der Waals surface area (Å²) < 4.78 is 5.55. The largest absolute Gasteiger partial charge is 0.475 e. The first-order chi connectivity index (χ1) is 9.15. The average Bonchev–Trinajstić information content (AvgIpc) is 2.39. The fourth-order valence-electron chi connectivity index (χ4n) is 1.84. The average molecular weight is 257 g/mol. The molecule has 1 aromatic heterocycles. The van der Waals surface area contributed by atoms with Crippen LogP contribution in [0.3, 0.4) is 0 Å². The third kappa shape index (κ3) is 4.03. The molecule has 0 saturated heterocycles. The van der Waals surface area contributed by atoms with E-state index in [0.29, 0.717) is 12.3 Å². The van der Waals surface area contributed by atoms with Gasteiger partial charge in [0, 0.05) is 24.2 Å². The van der Waals surface area contributed by atoms with E-state index in [-0.39, 0.29) is 12.1 Å². The molecule has 1 heterocycles. The van der Waals surface area contributed by atoms with Crippen LogP contribution < -0.4 is 10.5 Å². The molecule has 19 heavy (non-hydrogen) atoms. The van der Waals surface area contributed by atoms with Crippen LogP contribution in [0.5, 0.6) is 5.88 Å². The highest BCUT2D eigenvalue weighted by molar-refractivity contribution is 5.22. The van der Waals surface area contributed by atoms with Gasteiger partial charge in [0.05, 0.1) is 6.10 Å². The molecule has 1 aromatic carbocycles. The number of aromatic nitrogens is 2. The Labute approximate surface area is 113 Å². The lowest BCUT2D eigenvalue weighted by Gasteiger charge is -2.13. The van der Waals surface area contributed by atoms with Gasteiger partial charge in [0.15, 0.2) is 0 Å². The molecule has 0 aliphatic heterocycles. The summed E-state index contributed by atoms with van der Waals surface area (Å²) in [6.45, 7) is 3.94. The third-order valence-corrected chi connectivity index (χ3v) is 2.71. The fourth-order valence-corrected chi connectivity index (χ4v) is 1.84. The van der Waals surface area contributed by atoms with Crippen molar-refractivity contribution < 1.29 is 4.74 Å². The van der Waals surface area contributed by atoms with Gasteiger partial charge in [-0.25, -0.2) is 9.97 Å². The molecular formula is C15H19N3O. The molecule has 2 N–H and O–H groups in total. The maximum Gasteiger partial charge on any atom is 0.216 e. The van der Waals surface area contributed by atoms with E-state index in [1.807, 2.05) is 50.2 Å². The second-order valence-corrected chi connectivity index (χ2v) is 4.74. The third-order valence-electron chi connectivity index (χ3n) is 2.71. The van der Waals surface area contributed by atoms with Crippen molar-refractivity contribution in [3.8, 4) is 5.88 Å². The van der Waals surface area contributed by atoms with Crippen molar-refractivity contribution in [3.63, 3.8) is 0 Å². The summed E-state index contributed by atoms with van der Waals surface area (Å²) >= 11 is 0. The van der Waals surface area contributed by atoms with E-state index in [1.165, 1.54) is 6.33 Å². The standard InChI is InChI=1S/C15H19N3O/c1-11(2)19-15-9-13(17-10-18-15)8-14(16)12-6-4-3-5-7-12/h3-7,9-11,14H,8,16H2,1-2H3. The summed E-state index contributed by atoms with van der Waals surface area (Å²) in [5.74, 6) is 0.597. The minimum Gasteiger partial charge on any atom is -0.475 e.